The van der Waals surface area contributed by atoms with Crippen molar-refractivity contribution in [1.82, 2.24) is 4.90 Å². The van der Waals surface area contributed by atoms with Crippen LogP contribution in [-0.2, 0) is 9.53 Å². The van der Waals surface area contributed by atoms with E-state index in [1.807, 2.05) is 0 Å². The molecule has 2 atom stereocenters. The molecular weight excluding hydrogens is 379 g/mol. The van der Waals surface area contributed by atoms with Crippen LogP contribution in [0.3, 0.4) is 0 Å². The zero-order valence-corrected chi connectivity index (χ0v) is 17.1. The van der Waals surface area contributed by atoms with Crippen molar-refractivity contribution >= 4 is 28.2 Å². The number of halogens is 1. The van der Waals surface area contributed by atoms with E-state index in [0.29, 0.717) is 40.1 Å². The summed E-state index contributed by atoms with van der Waals surface area (Å²) < 4.78 is 18.1. The van der Waals surface area contributed by atoms with E-state index in [4.69, 9.17) is 4.74 Å². The number of esters is 1. The minimum Gasteiger partial charge on any atom is -0.465 e. The number of likely N-dealkylation sites (tertiary alicyclic amines) is 1. The molecule has 1 N–H and O–H groups in total. The molecule has 1 saturated heterocycles. The highest BCUT2D eigenvalue weighted by Gasteiger charge is 2.25. The summed E-state index contributed by atoms with van der Waals surface area (Å²) in [5.74, 6) is 0.0927. The summed E-state index contributed by atoms with van der Waals surface area (Å²) >= 11 is 1.27. The van der Waals surface area contributed by atoms with Gasteiger partial charge in [0.05, 0.1) is 13.7 Å². The van der Waals surface area contributed by atoms with Gasteiger partial charge in [0.2, 0.25) is 5.91 Å². The molecule has 1 fully saturated rings. The second kappa shape index (κ2) is 8.84. The van der Waals surface area contributed by atoms with E-state index in [1.54, 1.807) is 17.5 Å². The van der Waals surface area contributed by atoms with Gasteiger partial charge >= 0.3 is 5.97 Å². The normalized spacial score (nSPS) is 20.0. The summed E-state index contributed by atoms with van der Waals surface area (Å²) in [4.78, 5) is 27.1. The highest BCUT2D eigenvalue weighted by molar-refractivity contribution is 7.15. The molecule has 1 aliphatic heterocycles. The maximum Gasteiger partial charge on any atom is 0.341 e. The molecule has 28 heavy (non-hydrogen) atoms. The van der Waals surface area contributed by atoms with Crippen molar-refractivity contribution in [2.75, 3.05) is 32.1 Å². The summed E-state index contributed by atoms with van der Waals surface area (Å²) in [5.41, 5.74) is 1.61. The molecule has 7 heteroatoms. The van der Waals surface area contributed by atoms with Crippen LogP contribution < -0.4 is 5.32 Å². The van der Waals surface area contributed by atoms with Crippen molar-refractivity contribution in [3.8, 4) is 11.1 Å². The Bertz CT molecular complexity index is 840. The van der Waals surface area contributed by atoms with Gasteiger partial charge in [-0.2, -0.15) is 0 Å². The Balaban J connectivity index is 1.78. The number of carbonyl (C=O) groups excluding carboxylic acids is 2. The number of benzene rings is 1. The number of amides is 1. The van der Waals surface area contributed by atoms with Crippen LogP contribution in [0, 0.1) is 17.7 Å². The Morgan fingerprint density at radius 3 is 2.46 bits per heavy atom. The molecule has 0 aliphatic carbocycles. The number of hydrogen-bond acceptors (Lipinski definition) is 5. The lowest BCUT2D eigenvalue weighted by Crippen LogP contribution is -2.42. The van der Waals surface area contributed by atoms with Crippen molar-refractivity contribution in [1.29, 1.82) is 0 Å². The highest BCUT2D eigenvalue weighted by atomic mass is 32.1. The first-order valence-electron chi connectivity index (χ1n) is 9.35. The summed E-state index contributed by atoms with van der Waals surface area (Å²) in [6, 6.07) is 5.88. The Kier molecular flexibility index (Phi) is 6.46. The third-order valence-electron chi connectivity index (χ3n) is 4.90. The summed E-state index contributed by atoms with van der Waals surface area (Å²) in [6.45, 7) is 6.48. The molecule has 0 radical (unpaired) electrons. The molecule has 0 bridgehead atoms. The zero-order chi connectivity index (χ0) is 20.3. The fourth-order valence-electron chi connectivity index (χ4n) is 3.89. The van der Waals surface area contributed by atoms with Gasteiger partial charge in [0.1, 0.15) is 16.4 Å². The second-order valence-corrected chi connectivity index (χ2v) is 8.42. The van der Waals surface area contributed by atoms with Crippen molar-refractivity contribution in [3.05, 3.63) is 41.0 Å². The third kappa shape index (κ3) is 4.77. The van der Waals surface area contributed by atoms with E-state index < -0.39 is 5.97 Å². The molecule has 0 saturated carbocycles. The Hall–Kier alpha value is -2.25. The molecule has 1 aromatic carbocycles. The minimum absolute atomic E-state index is 0.154. The number of thiophene rings is 1. The molecular formula is C21H25FN2O3S. The number of hydrogen-bond donors (Lipinski definition) is 1. The average Bonchev–Trinajstić information content (AvgIpc) is 3.04. The number of anilines is 1. The standard InChI is InChI=1S/C21H25FN2O3S/c1-13-8-14(2)10-24(9-13)11-18(25)23-20-19(21(26)27-3)17(12-28-20)15-4-6-16(22)7-5-15/h4-7,12-14H,8-11H2,1-3H3,(H,23,25). The number of nitrogens with zero attached hydrogens (tertiary/aromatic N) is 1. The van der Waals surface area contributed by atoms with Crippen LogP contribution in [0.4, 0.5) is 9.39 Å². The molecule has 2 aromatic rings. The van der Waals surface area contributed by atoms with E-state index in [0.717, 1.165) is 13.1 Å². The second-order valence-electron chi connectivity index (χ2n) is 7.54. The molecule has 150 valence electrons. The topological polar surface area (TPSA) is 58.6 Å². The summed E-state index contributed by atoms with van der Waals surface area (Å²) in [5, 5.41) is 5.10. The van der Waals surface area contributed by atoms with Crippen molar-refractivity contribution in [2.24, 2.45) is 11.8 Å². The maximum atomic E-state index is 13.2. The van der Waals surface area contributed by atoms with Gasteiger partial charge in [-0.25, -0.2) is 9.18 Å². The number of piperidine rings is 1. The van der Waals surface area contributed by atoms with Crippen LogP contribution >= 0.6 is 11.3 Å². The average molecular weight is 405 g/mol. The van der Waals surface area contributed by atoms with E-state index in [1.165, 1.54) is 37.0 Å². The molecule has 1 aliphatic rings. The lowest BCUT2D eigenvalue weighted by molar-refractivity contribution is -0.117. The lowest BCUT2D eigenvalue weighted by atomic mass is 9.92. The van der Waals surface area contributed by atoms with Crippen LogP contribution in [0.25, 0.3) is 11.1 Å². The van der Waals surface area contributed by atoms with Crippen LogP contribution in [0.15, 0.2) is 29.6 Å². The zero-order valence-electron chi connectivity index (χ0n) is 16.3. The van der Waals surface area contributed by atoms with Crippen LogP contribution in [0.1, 0.15) is 30.6 Å². The first-order chi connectivity index (χ1) is 13.4. The van der Waals surface area contributed by atoms with Crippen molar-refractivity contribution in [2.45, 2.75) is 20.3 Å². The fraction of sp³-hybridized carbons (Fsp3) is 0.429. The maximum absolute atomic E-state index is 13.2. The Morgan fingerprint density at radius 2 is 1.86 bits per heavy atom. The van der Waals surface area contributed by atoms with Gasteiger partial charge in [0.25, 0.3) is 0 Å². The SMILES string of the molecule is COC(=O)c1c(-c2ccc(F)cc2)csc1NC(=O)CN1CC(C)CC(C)C1. The summed E-state index contributed by atoms with van der Waals surface area (Å²) in [6.07, 6.45) is 1.18. The van der Waals surface area contributed by atoms with E-state index >= 15 is 0 Å². The van der Waals surface area contributed by atoms with Gasteiger partial charge in [-0.3, -0.25) is 9.69 Å². The molecule has 5 nitrogen and oxygen atoms in total. The largest absolute Gasteiger partial charge is 0.465 e. The highest BCUT2D eigenvalue weighted by Crippen LogP contribution is 2.36. The first kappa shape index (κ1) is 20.5. The van der Waals surface area contributed by atoms with Gasteiger partial charge in [0, 0.05) is 24.0 Å². The van der Waals surface area contributed by atoms with Gasteiger partial charge in [0.15, 0.2) is 0 Å². The number of rotatable bonds is 5. The quantitative estimate of drug-likeness (QED) is 0.757. The van der Waals surface area contributed by atoms with Crippen LogP contribution in [0.2, 0.25) is 0 Å². The molecule has 0 spiro atoms. The van der Waals surface area contributed by atoms with E-state index in [-0.39, 0.29) is 11.7 Å². The molecule has 1 aromatic heterocycles. The molecule has 3 rings (SSSR count). The Labute approximate surface area is 168 Å². The summed E-state index contributed by atoms with van der Waals surface area (Å²) in [7, 11) is 1.30. The lowest BCUT2D eigenvalue weighted by Gasteiger charge is -2.34. The van der Waals surface area contributed by atoms with Gasteiger partial charge in [-0.15, -0.1) is 11.3 Å². The van der Waals surface area contributed by atoms with Crippen LogP contribution in [-0.4, -0.2) is 43.5 Å². The Morgan fingerprint density at radius 1 is 1.21 bits per heavy atom. The molecule has 1 amide bonds. The van der Waals surface area contributed by atoms with Crippen molar-refractivity contribution < 1.29 is 18.7 Å². The van der Waals surface area contributed by atoms with E-state index in [2.05, 4.69) is 24.1 Å². The third-order valence-corrected chi connectivity index (χ3v) is 5.80. The molecule has 2 heterocycles. The minimum atomic E-state index is -0.531. The number of methoxy groups -OCH3 is 1. The number of carbonyl (C=O) groups is 2. The number of nitrogens with one attached hydrogen (secondary N) is 1. The smallest absolute Gasteiger partial charge is 0.341 e. The fourth-order valence-corrected chi connectivity index (χ4v) is 4.86. The van der Waals surface area contributed by atoms with E-state index in [9.17, 15) is 14.0 Å². The monoisotopic (exact) mass is 404 g/mol. The van der Waals surface area contributed by atoms with Gasteiger partial charge in [-0.1, -0.05) is 26.0 Å². The van der Waals surface area contributed by atoms with Gasteiger partial charge < -0.3 is 10.1 Å². The predicted molar refractivity (Wildman–Crippen MR) is 109 cm³/mol. The van der Waals surface area contributed by atoms with Crippen LogP contribution in [0.5, 0.6) is 0 Å². The number of ether oxygens (including phenoxy) is 1. The van der Waals surface area contributed by atoms with Gasteiger partial charge in [-0.05, 0) is 36.0 Å². The van der Waals surface area contributed by atoms with Crippen molar-refractivity contribution in [3.63, 3.8) is 0 Å². The first-order valence-corrected chi connectivity index (χ1v) is 10.2. The predicted octanol–water partition coefficient (Wildman–Crippen LogP) is 4.26. The molecule has 2 unspecified atom stereocenters.